The second kappa shape index (κ2) is 9.44. The van der Waals surface area contributed by atoms with E-state index in [0.717, 1.165) is 50.5 Å². The standard InChI is InChI=1S/C19H18F3NO7/c1-27-15(24)7-5-11-4-6-12(19(20,21)22)8-14(11)23-10-30-9-13(17(25)28-2)16(23)18(26)29-3/h4-8H,9-10H2,1-3H3. The molecule has 0 radical (unpaired) electrons. The summed E-state index contributed by atoms with van der Waals surface area (Å²) in [5.41, 5.74) is -1.59. The molecule has 0 fully saturated rings. The van der Waals surface area contributed by atoms with Gasteiger partial charge in [-0.25, -0.2) is 14.4 Å². The Morgan fingerprint density at radius 2 is 1.73 bits per heavy atom. The predicted octanol–water partition coefficient (Wildman–Crippen LogP) is 2.29. The lowest BCUT2D eigenvalue weighted by molar-refractivity contribution is -0.140. The largest absolute Gasteiger partial charge is 0.466 e. The van der Waals surface area contributed by atoms with Crippen LogP contribution in [-0.2, 0) is 39.5 Å². The number of alkyl halides is 3. The minimum absolute atomic E-state index is 0.129. The molecule has 8 nitrogen and oxygen atoms in total. The minimum Gasteiger partial charge on any atom is -0.466 e. The van der Waals surface area contributed by atoms with Gasteiger partial charge >= 0.3 is 24.1 Å². The molecule has 0 aromatic heterocycles. The molecule has 0 atom stereocenters. The topological polar surface area (TPSA) is 91.4 Å². The smallest absolute Gasteiger partial charge is 0.416 e. The van der Waals surface area contributed by atoms with Gasteiger partial charge in [-0.05, 0) is 23.8 Å². The Hall–Kier alpha value is -3.34. The van der Waals surface area contributed by atoms with Crippen molar-refractivity contribution in [2.75, 3.05) is 39.6 Å². The highest BCUT2D eigenvalue weighted by Gasteiger charge is 2.36. The predicted molar refractivity (Wildman–Crippen MR) is 96.9 cm³/mol. The molecule has 0 saturated heterocycles. The lowest BCUT2D eigenvalue weighted by Crippen LogP contribution is -2.39. The fourth-order valence-electron chi connectivity index (χ4n) is 2.65. The number of hydrogen-bond acceptors (Lipinski definition) is 8. The van der Waals surface area contributed by atoms with E-state index in [0.29, 0.717) is 0 Å². The van der Waals surface area contributed by atoms with Crippen LogP contribution < -0.4 is 4.90 Å². The SMILES string of the molecule is COC(=O)C=Cc1ccc(C(F)(F)F)cc1N1COCC(C(=O)OC)=C1C(=O)OC. The van der Waals surface area contributed by atoms with Gasteiger partial charge in [-0.2, -0.15) is 13.2 Å². The number of nitrogens with zero attached hydrogens (tertiary/aromatic N) is 1. The lowest BCUT2D eigenvalue weighted by Gasteiger charge is -2.32. The molecule has 2 rings (SSSR count). The van der Waals surface area contributed by atoms with Crippen molar-refractivity contribution in [3.05, 3.63) is 46.7 Å². The van der Waals surface area contributed by atoms with E-state index >= 15 is 0 Å². The van der Waals surface area contributed by atoms with Gasteiger partial charge in [0.15, 0.2) is 0 Å². The average molecular weight is 429 g/mol. The highest BCUT2D eigenvalue weighted by molar-refractivity contribution is 6.04. The molecule has 1 aliphatic heterocycles. The number of carbonyl (C=O) groups is 3. The van der Waals surface area contributed by atoms with E-state index in [4.69, 9.17) is 9.47 Å². The van der Waals surface area contributed by atoms with Crippen LogP contribution in [0.3, 0.4) is 0 Å². The summed E-state index contributed by atoms with van der Waals surface area (Å²) < 4.78 is 59.0. The maximum Gasteiger partial charge on any atom is 0.416 e. The van der Waals surface area contributed by atoms with Gasteiger partial charge in [-0.3, -0.25) is 0 Å². The number of esters is 3. The molecule has 1 aromatic rings. The molecule has 30 heavy (non-hydrogen) atoms. The average Bonchev–Trinajstić information content (AvgIpc) is 2.74. The lowest BCUT2D eigenvalue weighted by atomic mass is 10.0. The summed E-state index contributed by atoms with van der Waals surface area (Å²) in [5.74, 6) is -2.62. The van der Waals surface area contributed by atoms with Crippen molar-refractivity contribution in [2.24, 2.45) is 0 Å². The van der Waals surface area contributed by atoms with Crippen molar-refractivity contribution in [3.63, 3.8) is 0 Å². The summed E-state index contributed by atoms with van der Waals surface area (Å²) in [4.78, 5) is 37.0. The van der Waals surface area contributed by atoms with Crippen LogP contribution in [0.4, 0.5) is 18.9 Å². The third-order valence-corrected chi connectivity index (χ3v) is 4.08. The number of carbonyl (C=O) groups excluding carboxylic acids is 3. The fourth-order valence-corrected chi connectivity index (χ4v) is 2.65. The Morgan fingerprint density at radius 3 is 2.30 bits per heavy atom. The van der Waals surface area contributed by atoms with Gasteiger partial charge in [0.1, 0.15) is 12.4 Å². The van der Waals surface area contributed by atoms with Gasteiger partial charge in [0, 0.05) is 6.08 Å². The normalized spacial score (nSPS) is 14.7. The molecule has 11 heteroatoms. The van der Waals surface area contributed by atoms with E-state index in [1.165, 1.54) is 6.08 Å². The maximum atomic E-state index is 13.3. The Balaban J connectivity index is 2.73. The number of benzene rings is 1. The van der Waals surface area contributed by atoms with Gasteiger partial charge in [-0.15, -0.1) is 0 Å². The monoisotopic (exact) mass is 429 g/mol. The summed E-state index contributed by atoms with van der Waals surface area (Å²) in [6.07, 6.45) is -2.47. The van der Waals surface area contributed by atoms with Crippen LogP contribution >= 0.6 is 0 Å². The van der Waals surface area contributed by atoms with Gasteiger partial charge in [-0.1, -0.05) is 6.07 Å². The molecular formula is C19H18F3NO7. The number of rotatable bonds is 5. The number of anilines is 1. The van der Waals surface area contributed by atoms with Gasteiger partial charge in [0.2, 0.25) is 0 Å². The molecule has 0 unspecified atom stereocenters. The molecule has 1 aromatic carbocycles. The van der Waals surface area contributed by atoms with Crippen LogP contribution in [0.1, 0.15) is 11.1 Å². The quantitative estimate of drug-likeness (QED) is 0.400. The van der Waals surface area contributed by atoms with Gasteiger partial charge < -0.3 is 23.8 Å². The highest BCUT2D eigenvalue weighted by Crippen LogP contribution is 2.36. The highest BCUT2D eigenvalue weighted by atomic mass is 19.4. The molecule has 0 aliphatic carbocycles. The van der Waals surface area contributed by atoms with Crippen molar-refractivity contribution in [2.45, 2.75) is 6.18 Å². The molecule has 0 spiro atoms. The fraction of sp³-hybridized carbons (Fsp3) is 0.316. The minimum atomic E-state index is -4.68. The van der Waals surface area contributed by atoms with E-state index in [1.807, 2.05) is 0 Å². The molecule has 0 bridgehead atoms. The van der Waals surface area contributed by atoms with Crippen LogP contribution in [0.15, 0.2) is 35.5 Å². The molecule has 1 heterocycles. The van der Waals surface area contributed by atoms with Crippen molar-refractivity contribution in [1.29, 1.82) is 0 Å². The number of hydrogen-bond donors (Lipinski definition) is 0. The van der Waals surface area contributed by atoms with E-state index in [9.17, 15) is 27.6 Å². The van der Waals surface area contributed by atoms with E-state index in [2.05, 4.69) is 9.47 Å². The first-order valence-electron chi connectivity index (χ1n) is 8.36. The van der Waals surface area contributed by atoms with Crippen molar-refractivity contribution in [3.8, 4) is 0 Å². The summed E-state index contributed by atoms with van der Waals surface area (Å²) in [6, 6.07) is 2.69. The maximum absolute atomic E-state index is 13.3. The second-order valence-electron chi connectivity index (χ2n) is 5.84. The molecule has 0 saturated carbocycles. The summed E-state index contributed by atoms with van der Waals surface area (Å²) in [6.45, 7) is -0.662. The Kier molecular flexibility index (Phi) is 7.22. The van der Waals surface area contributed by atoms with E-state index < -0.39 is 29.6 Å². The molecule has 0 amide bonds. The van der Waals surface area contributed by atoms with Crippen LogP contribution in [0.2, 0.25) is 0 Å². The number of halogens is 3. The first-order valence-corrected chi connectivity index (χ1v) is 8.36. The van der Waals surface area contributed by atoms with E-state index in [-0.39, 0.29) is 35.9 Å². The van der Waals surface area contributed by atoms with Crippen molar-refractivity contribution in [1.82, 2.24) is 0 Å². The molecule has 162 valence electrons. The zero-order valence-corrected chi connectivity index (χ0v) is 16.2. The van der Waals surface area contributed by atoms with Crippen LogP contribution in [0.5, 0.6) is 0 Å². The summed E-state index contributed by atoms with van der Waals surface area (Å²) in [5, 5.41) is 0. The van der Waals surface area contributed by atoms with Crippen LogP contribution in [-0.4, -0.2) is 52.6 Å². The molecular weight excluding hydrogens is 411 g/mol. The van der Waals surface area contributed by atoms with Gasteiger partial charge in [0.05, 0.1) is 44.8 Å². The third-order valence-electron chi connectivity index (χ3n) is 4.08. The van der Waals surface area contributed by atoms with E-state index in [1.54, 1.807) is 0 Å². The molecule has 0 N–H and O–H groups in total. The number of methoxy groups -OCH3 is 3. The zero-order chi connectivity index (χ0) is 22.5. The Labute approximate surface area is 169 Å². The zero-order valence-electron chi connectivity index (χ0n) is 16.2. The van der Waals surface area contributed by atoms with Gasteiger partial charge in [0.25, 0.3) is 0 Å². The summed E-state index contributed by atoms with van der Waals surface area (Å²) in [7, 11) is 3.28. The van der Waals surface area contributed by atoms with Crippen molar-refractivity contribution < 1.29 is 46.5 Å². The van der Waals surface area contributed by atoms with Crippen LogP contribution in [0, 0.1) is 0 Å². The Morgan fingerprint density at radius 1 is 1.07 bits per heavy atom. The summed E-state index contributed by atoms with van der Waals surface area (Å²) >= 11 is 0. The molecule has 1 aliphatic rings. The Bertz CT molecular complexity index is 906. The van der Waals surface area contributed by atoms with Crippen LogP contribution in [0.25, 0.3) is 6.08 Å². The first kappa shape index (κ1) is 22.9. The number of ether oxygens (including phenoxy) is 4. The second-order valence-corrected chi connectivity index (χ2v) is 5.84. The van der Waals surface area contributed by atoms with Crippen molar-refractivity contribution >= 4 is 29.7 Å². The first-order chi connectivity index (χ1) is 14.1. The third kappa shape index (κ3) is 4.98.